The van der Waals surface area contributed by atoms with Crippen LogP contribution in [0.25, 0.3) is 10.9 Å². The van der Waals surface area contributed by atoms with Crippen molar-refractivity contribution >= 4 is 10.9 Å². The van der Waals surface area contributed by atoms with Crippen molar-refractivity contribution in [2.45, 2.75) is 25.9 Å². The number of benzene rings is 1. The minimum absolute atomic E-state index is 0.709. The van der Waals surface area contributed by atoms with E-state index in [9.17, 15) is 0 Å². The molecule has 16 heavy (non-hydrogen) atoms. The predicted octanol–water partition coefficient (Wildman–Crippen LogP) is 2.07. The van der Waals surface area contributed by atoms with Gasteiger partial charge in [-0.05, 0) is 18.4 Å². The molecular formula is C13H17N3. The van der Waals surface area contributed by atoms with E-state index in [0.29, 0.717) is 6.04 Å². The first-order chi connectivity index (χ1) is 7.75. The van der Waals surface area contributed by atoms with Crippen molar-refractivity contribution in [3.63, 3.8) is 0 Å². The number of aryl methyl sites for hydroxylation is 1. The highest BCUT2D eigenvalue weighted by molar-refractivity contribution is 5.81. The van der Waals surface area contributed by atoms with Crippen LogP contribution in [0.2, 0.25) is 0 Å². The topological polar surface area (TPSA) is 29.9 Å². The molecule has 0 spiro atoms. The fourth-order valence-electron chi connectivity index (χ4n) is 2.25. The Morgan fingerprint density at radius 1 is 1.44 bits per heavy atom. The molecule has 1 aliphatic carbocycles. The van der Waals surface area contributed by atoms with Crippen molar-refractivity contribution in [3.8, 4) is 0 Å². The Balaban J connectivity index is 1.85. The molecule has 1 fully saturated rings. The van der Waals surface area contributed by atoms with Crippen LogP contribution >= 0.6 is 0 Å². The first kappa shape index (κ1) is 9.85. The molecule has 84 valence electrons. The lowest BCUT2D eigenvalue weighted by Gasteiger charge is -1.99. The summed E-state index contributed by atoms with van der Waals surface area (Å²) in [6.45, 7) is 3.17. The number of nitrogens with one attached hydrogen (secondary N) is 1. The van der Waals surface area contributed by atoms with E-state index in [1.54, 1.807) is 0 Å². The smallest absolute Gasteiger partial charge is 0.0841 e. The summed E-state index contributed by atoms with van der Waals surface area (Å²) in [5.41, 5.74) is 2.38. The summed E-state index contributed by atoms with van der Waals surface area (Å²) in [6.07, 6.45) is 1.31. The fraction of sp³-hybridized carbons (Fsp3) is 0.462. The molecule has 1 aliphatic rings. The zero-order valence-electron chi connectivity index (χ0n) is 9.77. The molecule has 2 unspecified atom stereocenters. The molecular weight excluding hydrogens is 198 g/mol. The third-order valence-corrected chi connectivity index (χ3v) is 3.48. The summed E-state index contributed by atoms with van der Waals surface area (Å²) in [6, 6.07) is 9.11. The van der Waals surface area contributed by atoms with E-state index in [1.165, 1.54) is 17.3 Å². The number of aromatic nitrogens is 2. The van der Waals surface area contributed by atoms with Crippen molar-refractivity contribution in [1.29, 1.82) is 0 Å². The molecule has 2 aromatic rings. The Hall–Kier alpha value is -1.35. The van der Waals surface area contributed by atoms with Crippen molar-refractivity contribution in [3.05, 3.63) is 30.0 Å². The average Bonchev–Trinajstić information content (AvgIpc) is 2.90. The second kappa shape index (κ2) is 3.59. The molecule has 1 aromatic carbocycles. The van der Waals surface area contributed by atoms with Gasteiger partial charge in [-0.15, -0.1) is 0 Å². The Kier molecular flexibility index (Phi) is 2.21. The quantitative estimate of drug-likeness (QED) is 0.849. The molecule has 3 nitrogen and oxygen atoms in total. The Bertz CT molecular complexity index is 515. The van der Waals surface area contributed by atoms with Gasteiger partial charge in [-0.2, -0.15) is 5.10 Å². The molecule has 0 aliphatic heterocycles. The van der Waals surface area contributed by atoms with Gasteiger partial charge in [0.05, 0.1) is 11.2 Å². The van der Waals surface area contributed by atoms with Crippen LogP contribution in [-0.2, 0) is 13.6 Å². The number of fused-ring (bicyclic) bond motifs is 1. The second-order valence-electron chi connectivity index (χ2n) is 4.79. The van der Waals surface area contributed by atoms with E-state index < -0.39 is 0 Å². The Morgan fingerprint density at radius 3 is 2.94 bits per heavy atom. The average molecular weight is 215 g/mol. The Morgan fingerprint density at radius 2 is 2.19 bits per heavy atom. The zero-order chi connectivity index (χ0) is 11.1. The first-order valence-electron chi connectivity index (χ1n) is 5.89. The predicted molar refractivity (Wildman–Crippen MR) is 65.1 cm³/mol. The van der Waals surface area contributed by atoms with E-state index in [1.807, 2.05) is 11.7 Å². The maximum atomic E-state index is 4.57. The number of nitrogens with zero attached hydrogens (tertiary/aromatic N) is 2. The third kappa shape index (κ3) is 1.61. The summed E-state index contributed by atoms with van der Waals surface area (Å²) < 4.78 is 1.96. The monoisotopic (exact) mass is 215 g/mol. The van der Waals surface area contributed by atoms with Crippen LogP contribution in [0.1, 0.15) is 19.0 Å². The van der Waals surface area contributed by atoms with E-state index >= 15 is 0 Å². The van der Waals surface area contributed by atoms with E-state index in [4.69, 9.17) is 0 Å². The second-order valence-corrected chi connectivity index (χ2v) is 4.79. The number of para-hydroxylation sites is 1. The Labute approximate surface area is 95.5 Å². The third-order valence-electron chi connectivity index (χ3n) is 3.48. The van der Waals surface area contributed by atoms with E-state index in [-0.39, 0.29) is 0 Å². The summed E-state index contributed by atoms with van der Waals surface area (Å²) >= 11 is 0. The van der Waals surface area contributed by atoms with Gasteiger partial charge in [-0.1, -0.05) is 25.1 Å². The lowest BCUT2D eigenvalue weighted by Crippen LogP contribution is -2.17. The van der Waals surface area contributed by atoms with Crippen molar-refractivity contribution in [1.82, 2.24) is 15.1 Å². The van der Waals surface area contributed by atoms with Crippen LogP contribution in [-0.4, -0.2) is 15.8 Å². The van der Waals surface area contributed by atoms with Gasteiger partial charge in [0.25, 0.3) is 0 Å². The molecule has 3 rings (SSSR count). The summed E-state index contributed by atoms with van der Waals surface area (Å²) in [5, 5.41) is 9.39. The highest BCUT2D eigenvalue weighted by Gasteiger charge is 2.31. The van der Waals surface area contributed by atoms with Gasteiger partial charge in [0.1, 0.15) is 0 Å². The molecule has 1 aromatic heterocycles. The van der Waals surface area contributed by atoms with Gasteiger partial charge < -0.3 is 5.32 Å². The van der Waals surface area contributed by atoms with Crippen molar-refractivity contribution in [2.24, 2.45) is 13.0 Å². The zero-order valence-corrected chi connectivity index (χ0v) is 9.77. The van der Waals surface area contributed by atoms with Gasteiger partial charge >= 0.3 is 0 Å². The van der Waals surface area contributed by atoms with Crippen LogP contribution in [0.3, 0.4) is 0 Å². The molecule has 3 heteroatoms. The van der Waals surface area contributed by atoms with E-state index in [2.05, 4.69) is 41.6 Å². The van der Waals surface area contributed by atoms with E-state index in [0.717, 1.165) is 18.2 Å². The van der Waals surface area contributed by atoms with Crippen molar-refractivity contribution in [2.75, 3.05) is 0 Å². The number of rotatable bonds is 3. The maximum Gasteiger partial charge on any atom is 0.0841 e. The molecule has 0 amide bonds. The van der Waals surface area contributed by atoms with Crippen molar-refractivity contribution < 1.29 is 0 Å². The largest absolute Gasteiger partial charge is 0.308 e. The number of hydrogen-bond donors (Lipinski definition) is 1. The highest BCUT2D eigenvalue weighted by Crippen LogP contribution is 2.29. The first-order valence-corrected chi connectivity index (χ1v) is 5.89. The molecule has 0 radical (unpaired) electrons. The van der Waals surface area contributed by atoms with Crippen LogP contribution < -0.4 is 5.32 Å². The summed E-state index contributed by atoms with van der Waals surface area (Å²) in [5.74, 6) is 0.843. The highest BCUT2D eigenvalue weighted by atomic mass is 15.3. The van der Waals surface area contributed by atoms with Gasteiger partial charge in [-0.25, -0.2) is 0 Å². The van der Waals surface area contributed by atoms with Crippen LogP contribution in [0.15, 0.2) is 24.3 Å². The van der Waals surface area contributed by atoms with Crippen LogP contribution in [0, 0.1) is 5.92 Å². The standard InChI is InChI=1S/C13H17N3/c1-9-7-11(9)14-8-12-10-5-3-4-6-13(10)16(2)15-12/h3-6,9,11,14H,7-8H2,1-2H3. The van der Waals surface area contributed by atoms with Crippen LogP contribution in [0.4, 0.5) is 0 Å². The fourth-order valence-corrected chi connectivity index (χ4v) is 2.25. The molecule has 1 saturated carbocycles. The summed E-state index contributed by atoms with van der Waals surface area (Å²) in [4.78, 5) is 0. The number of hydrogen-bond acceptors (Lipinski definition) is 2. The SMILES string of the molecule is CC1CC1NCc1nn(C)c2ccccc12. The maximum absolute atomic E-state index is 4.57. The normalized spacial score (nSPS) is 23.9. The molecule has 1 N–H and O–H groups in total. The minimum atomic E-state index is 0.709. The van der Waals surface area contributed by atoms with Gasteiger partial charge in [0.15, 0.2) is 0 Å². The van der Waals surface area contributed by atoms with Gasteiger partial charge in [0, 0.05) is 25.0 Å². The molecule has 1 heterocycles. The molecule has 2 atom stereocenters. The van der Waals surface area contributed by atoms with Crippen LogP contribution in [0.5, 0.6) is 0 Å². The molecule has 0 saturated heterocycles. The summed E-state index contributed by atoms with van der Waals surface area (Å²) in [7, 11) is 2.01. The molecule has 0 bridgehead atoms. The lowest BCUT2D eigenvalue weighted by molar-refractivity contribution is 0.632. The minimum Gasteiger partial charge on any atom is -0.308 e. The lowest BCUT2D eigenvalue weighted by atomic mass is 10.2. The van der Waals surface area contributed by atoms with Gasteiger partial charge in [0.2, 0.25) is 0 Å². The van der Waals surface area contributed by atoms with Gasteiger partial charge in [-0.3, -0.25) is 4.68 Å².